The number of nitrogens with zero attached hydrogens (tertiary/aromatic N) is 4. The zero-order valence-electron chi connectivity index (χ0n) is 14.4. The molecule has 0 bridgehead atoms. The van der Waals surface area contributed by atoms with Crippen LogP contribution < -0.4 is 9.47 Å². The van der Waals surface area contributed by atoms with Crippen molar-refractivity contribution >= 4 is 22.8 Å². The number of hydrogen-bond acceptors (Lipinski definition) is 8. The molecule has 1 N–H and O–H groups in total. The smallest absolute Gasteiger partial charge is 0.316 e. The molecule has 140 valence electrons. The third-order valence-corrected chi connectivity index (χ3v) is 4.96. The van der Waals surface area contributed by atoms with Gasteiger partial charge >= 0.3 is 6.01 Å². The molecule has 2 aliphatic heterocycles. The predicted octanol–water partition coefficient (Wildman–Crippen LogP) is 2.01. The zero-order valence-corrected chi connectivity index (χ0v) is 15.1. The van der Waals surface area contributed by atoms with E-state index in [0.29, 0.717) is 46.7 Å². The lowest BCUT2D eigenvalue weighted by atomic mass is 10.1. The highest BCUT2D eigenvalue weighted by Gasteiger charge is 2.43. The molecule has 0 saturated carbocycles. The SMILES string of the molecule is COc1ncc(-c2nc3nc(OC4COC5CCOC54)[nH]c3cc2Cl)cn1. The topological polar surface area (TPSA) is 104 Å². The predicted molar refractivity (Wildman–Crippen MR) is 95.0 cm³/mol. The Morgan fingerprint density at radius 1 is 1.22 bits per heavy atom. The summed E-state index contributed by atoms with van der Waals surface area (Å²) in [6.45, 7) is 1.18. The number of ether oxygens (including phenoxy) is 4. The number of nitrogens with one attached hydrogen (secondary N) is 1. The van der Waals surface area contributed by atoms with Gasteiger partial charge in [0.25, 0.3) is 6.01 Å². The first-order valence-corrected chi connectivity index (χ1v) is 8.91. The number of imidazole rings is 1. The Morgan fingerprint density at radius 3 is 2.89 bits per heavy atom. The molecule has 2 aliphatic rings. The zero-order chi connectivity index (χ0) is 18.4. The summed E-state index contributed by atoms with van der Waals surface area (Å²) in [6, 6.07) is 2.39. The van der Waals surface area contributed by atoms with Crippen molar-refractivity contribution in [2.45, 2.75) is 24.7 Å². The molecule has 0 amide bonds. The number of aromatic amines is 1. The Bertz CT molecular complexity index is 979. The van der Waals surface area contributed by atoms with Crippen molar-refractivity contribution in [1.82, 2.24) is 24.9 Å². The molecule has 0 aromatic carbocycles. The summed E-state index contributed by atoms with van der Waals surface area (Å²) in [5, 5.41) is 0.454. The van der Waals surface area contributed by atoms with Gasteiger partial charge in [0.15, 0.2) is 11.8 Å². The number of H-pyrrole nitrogens is 1. The number of pyridine rings is 1. The van der Waals surface area contributed by atoms with Crippen LogP contribution in [-0.4, -0.2) is 63.6 Å². The second-order valence-corrected chi connectivity index (χ2v) is 6.75. The minimum absolute atomic E-state index is 0.0539. The van der Waals surface area contributed by atoms with Gasteiger partial charge in [-0.2, -0.15) is 4.98 Å². The van der Waals surface area contributed by atoms with Crippen LogP contribution in [-0.2, 0) is 9.47 Å². The largest absolute Gasteiger partial charge is 0.467 e. The van der Waals surface area contributed by atoms with Crippen LogP contribution in [0.4, 0.5) is 0 Å². The Balaban J connectivity index is 1.43. The number of methoxy groups -OCH3 is 1. The summed E-state index contributed by atoms with van der Waals surface area (Å²) in [5.41, 5.74) is 2.37. The lowest BCUT2D eigenvalue weighted by Crippen LogP contribution is -2.32. The molecule has 9 nitrogen and oxygen atoms in total. The van der Waals surface area contributed by atoms with E-state index in [4.69, 9.17) is 30.5 Å². The Hall–Kier alpha value is -2.49. The van der Waals surface area contributed by atoms with Crippen molar-refractivity contribution in [3.8, 4) is 23.3 Å². The molecule has 5 rings (SSSR count). The number of aromatic nitrogens is 5. The summed E-state index contributed by atoms with van der Waals surface area (Å²) < 4.78 is 22.3. The fraction of sp³-hybridized carbons (Fsp3) is 0.412. The van der Waals surface area contributed by atoms with Crippen molar-refractivity contribution in [1.29, 1.82) is 0 Å². The Labute approximate surface area is 159 Å². The van der Waals surface area contributed by atoms with E-state index in [1.807, 2.05) is 0 Å². The number of hydrogen-bond donors (Lipinski definition) is 1. The first kappa shape index (κ1) is 16.7. The highest BCUT2D eigenvalue weighted by molar-refractivity contribution is 6.33. The molecule has 5 heterocycles. The van der Waals surface area contributed by atoms with Gasteiger partial charge in [0.05, 0.1) is 36.1 Å². The van der Waals surface area contributed by atoms with Gasteiger partial charge in [-0.05, 0) is 12.5 Å². The molecular formula is C17H16ClN5O4. The van der Waals surface area contributed by atoms with Crippen molar-refractivity contribution in [2.75, 3.05) is 20.3 Å². The monoisotopic (exact) mass is 389 g/mol. The number of fused-ring (bicyclic) bond motifs is 2. The van der Waals surface area contributed by atoms with Gasteiger partial charge in [0.2, 0.25) is 0 Å². The quantitative estimate of drug-likeness (QED) is 0.722. The van der Waals surface area contributed by atoms with Crippen molar-refractivity contribution in [2.24, 2.45) is 0 Å². The van der Waals surface area contributed by atoms with E-state index < -0.39 is 0 Å². The summed E-state index contributed by atoms with van der Waals surface area (Å²) in [7, 11) is 1.51. The second kappa shape index (κ2) is 6.59. The summed E-state index contributed by atoms with van der Waals surface area (Å²) in [4.78, 5) is 20.2. The lowest BCUT2D eigenvalue weighted by molar-refractivity contribution is 0.0273. The fourth-order valence-electron chi connectivity index (χ4n) is 3.37. The van der Waals surface area contributed by atoms with E-state index in [1.54, 1.807) is 18.5 Å². The maximum Gasteiger partial charge on any atom is 0.316 e. The Kier molecular flexibility index (Phi) is 4.07. The van der Waals surface area contributed by atoms with Crippen LogP contribution in [0.3, 0.4) is 0 Å². The van der Waals surface area contributed by atoms with Crippen LogP contribution >= 0.6 is 11.6 Å². The maximum atomic E-state index is 6.39. The molecule has 3 atom stereocenters. The highest BCUT2D eigenvalue weighted by atomic mass is 35.5. The minimum Gasteiger partial charge on any atom is -0.467 e. The average Bonchev–Trinajstić information content (AvgIpc) is 3.38. The molecule has 3 unspecified atom stereocenters. The molecule has 2 saturated heterocycles. The molecule has 10 heteroatoms. The van der Waals surface area contributed by atoms with Crippen LogP contribution in [0.1, 0.15) is 6.42 Å². The van der Waals surface area contributed by atoms with E-state index in [0.717, 1.165) is 6.42 Å². The van der Waals surface area contributed by atoms with Gasteiger partial charge in [0.1, 0.15) is 6.10 Å². The molecule has 3 aromatic rings. The first-order valence-electron chi connectivity index (χ1n) is 8.54. The molecule has 0 aliphatic carbocycles. The molecule has 2 fully saturated rings. The Morgan fingerprint density at radius 2 is 2.07 bits per heavy atom. The third kappa shape index (κ3) is 2.97. The fourth-order valence-corrected chi connectivity index (χ4v) is 3.63. The van der Waals surface area contributed by atoms with Gasteiger partial charge < -0.3 is 23.9 Å². The van der Waals surface area contributed by atoms with Gasteiger partial charge in [-0.3, -0.25) is 0 Å². The highest BCUT2D eigenvalue weighted by Crippen LogP contribution is 2.31. The normalized spacial score (nSPS) is 24.3. The van der Waals surface area contributed by atoms with Crippen LogP contribution in [0.15, 0.2) is 18.5 Å². The van der Waals surface area contributed by atoms with Crippen molar-refractivity contribution in [3.05, 3.63) is 23.5 Å². The van der Waals surface area contributed by atoms with E-state index in [1.165, 1.54) is 7.11 Å². The van der Waals surface area contributed by atoms with E-state index in [-0.39, 0.29) is 24.3 Å². The maximum absolute atomic E-state index is 6.39. The standard InChI is InChI=1S/C17H16ClN5O4/c1-24-16-19-5-8(6-20-16)13-9(18)4-10-15(22-13)23-17(21-10)27-12-7-26-11-2-3-25-14(11)12/h4-6,11-12,14H,2-3,7H2,1H3,(H,21,22,23). The third-order valence-electron chi connectivity index (χ3n) is 4.67. The molecule has 27 heavy (non-hydrogen) atoms. The van der Waals surface area contributed by atoms with E-state index in [2.05, 4.69) is 24.9 Å². The number of rotatable bonds is 4. The summed E-state index contributed by atoms with van der Waals surface area (Å²) >= 11 is 6.39. The van der Waals surface area contributed by atoms with Gasteiger partial charge in [-0.15, -0.1) is 0 Å². The second-order valence-electron chi connectivity index (χ2n) is 6.34. The van der Waals surface area contributed by atoms with Gasteiger partial charge in [-0.1, -0.05) is 11.6 Å². The van der Waals surface area contributed by atoms with Crippen LogP contribution in [0.5, 0.6) is 12.0 Å². The lowest BCUT2D eigenvalue weighted by Gasteiger charge is -2.15. The van der Waals surface area contributed by atoms with Crippen LogP contribution in [0.2, 0.25) is 5.02 Å². The first-order chi connectivity index (χ1) is 13.2. The summed E-state index contributed by atoms with van der Waals surface area (Å²) in [5.74, 6) is 0. The van der Waals surface area contributed by atoms with Crippen LogP contribution in [0, 0.1) is 0 Å². The minimum atomic E-state index is -0.192. The molecular weight excluding hydrogens is 374 g/mol. The van der Waals surface area contributed by atoms with Crippen LogP contribution in [0.25, 0.3) is 22.4 Å². The van der Waals surface area contributed by atoms with E-state index in [9.17, 15) is 0 Å². The van der Waals surface area contributed by atoms with Gasteiger partial charge in [-0.25, -0.2) is 15.0 Å². The molecule has 0 radical (unpaired) electrons. The van der Waals surface area contributed by atoms with Crippen molar-refractivity contribution in [3.63, 3.8) is 0 Å². The van der Waals surface area contributed by atoms with E-state index >= 15 is 0 Å². The van der Waals surface area contributed by atoms with Crippen molar-refractivity contribution < 1.29 is 18.9 Å². The molecule has 3 aromatic heterocycles. The molecule has 0 spiro atoms. The number of halogens is 1. The average molecular weight is 390 g/mol. The summed E-state index contributed by atoms with van der Waals surface area (Å²) in [6.07, 6.45) is 3.96. The van der Waals surface area contributed by atoms with Gasteiger partial charge in [0, 0.05) is 24.6 Å².